The highest BCUT2D eigenvalue weighted by Crippen LogP contribution is 2.71. The maximum Gasteiger partial charge on any atom is 0.315 e. The molecular formula is C21H18Cl3O2PS5. The van der Waals surface area contributed by atoms with Crippen LogP contribution < -0.4 is 0 Å². The fraction of sp³-hybridized carbons (Fsp3) is 0.143. The summed E-state index contributed by atoms with van der Waals surface area (Å²) in [7, 11) is 0. The molecular weight excluding hydrogens is 582 g/mol. The van der Waals surface area contributed by atoms with Gasteiger partial charge in [-0.05, 0) is 95.6 Å². The summed E-state index contributed by atoms with van der Waals surface area (Å²) in [5.41, 5.74) is 0. The second-order valence-electron chi connectivity index (χ2n) is 5.98. The Kier molecular flexibility index (Phi) is 12.0. The molecule has 3 aromatic rings. The van der Waals surface area contributed by atoms with E-state index in [2.05, 4.69) is 0 Å². The Balaban J connectivity index is 1.54. The van der Waals surface area contributed by atoms with Crippen molar-refractivity contribution >= 4 is 98.6 Å². The fourth-order valence-electron chi connectivity index (χ4n) is 2.18. The molecule has 0 saturated carbocycles. The van der Waals surface area contributed by atoms with Gasteiger partial charge in [0.1, 0.15) is 5.94 Å². The van der Waals surface area contributed by atoms with Gasteiger partial charge in [-0.25, -0.2) is 0 Å². The summed E-state index contributed by atoms with van der Waals surface area (Å²) in [4.78, 5) is 3.16. The van der Waals surface area contributed by atoms with Gasteiger partial charge in [0.05, 0.1) is 10.2 Å². The van der Waals surface area contributed by atoms with E-state index in [-0.39, 0.29) is 0 Å². The third-order valence-electron chi connectivity index (χ3n) is 3.75. The summed E-state index contributed by atoms with van der Waals surface area (Å²) in [6.07, 6.45) is 0. The number of halogens is 3. The molecule has 11 heteroatoms. The van der Waals surface area contributed by atoms with Gasteiger partial charge in [0.2, 0.25) is 0 Å². The van der Waals surface area contributed by atoms with Crippen LogP contribution in [0, 0.1) is 0 Å². The van der Waals surface area contributed by atoms with Gasteiger partial charge in [0, 0.05) is 29.8 Å². The molecule has 3 rings (SSSR count). The van der Waals surface area contributed by atoms with E-state index in [1.807, 2.05) is 72.8 Å². The van der Waals surface area contributed by atoms with Crippen LogP contribution in [0.25, 0.3) is 0 Å². The SMILES string of the molecule is O=P(OCSc1ccc(Cl)cc1)(SCSc1ccc(Cl)cc1)SCSc1ccc(Cl)cc1. The van der Waals surface area contributed by atoms with Crippen LogP contribution in [-0.2, 0) is 9.09 Å². The van der Waals surface area contributed by atoms with Crippen molar-refractivity contribution in [1.82, 2.24) is 0 Å². The summed E-state index contributed by atoms with van der Waals surface area (Å²) in [6.45, 7) is 0. The molecule has 0 aliphatic rings. The highest BCUT2D eigenvalue weighted by molar-refractivity contribution is 8.90. The Labute approximate surface area is 224 Å². The van der Waals surface area contributed by atoms with Crippen molar-refractivity contribution < 1.29 is 9.09 Å². The molecule has 0 aliphatic heterocycles. The largest absolute Gasteiger partial charge is 0.315 e. The summed E-state index contributed by atoms with van der Waals surface area (Å²) in [6, 6.07) is 22.8. The van der Waals surface area contributed by atoms with Crippen LogP contribution in [0.5, 0.6) is 0 Å². The fourth-order valence-corrected chi connectivity index (χ4v) is 14.9. The van der Waals surface area contributed by atoms with E-state index in [0.29, 0.717) is 31.2 Å². The summed E-state index contributed by atoms with van der Waals surface area (Å²) >= 11 is 25.3. The van der Waals surface area contributed by atoms with E-state index in [9.17, 15) is 4.57 Å². The van der Waals surface area contributed by atoms with Crippen molar-refractivity contribution in [2.75, 3.05) is 16.1 Å². The summed E-state index contributed by atoms with van der Waals surface area (Å²) in [5, 5.41) is 3.31. The van der Waals surface area contributed by atoms with E-state index < -0.39 is 5.77 Å². The highest BCUT2D eigenvalue weighted by atomic mass is 35.5. The van der Waals surface area contributed by atoms with Crippen molar-refractivity contribution in [3.8, 4) is 0 Å². The van der Waals surface area contributed by atoms with Crippen LogP contribution >= 0.6 is 98.6 Å². The van der Waals surface area contributed by atoms with Gasteiger partial charge in [-0.1, -0.05) is 46.6 Å². The van der Waals surface area contributed by atoms with Gasteiger partial charge >= 0.3 is 5.77 Å². The zero-order chi connectivity index (χ0) is 22.8. The minimum absolute atomic E-state index is 0.302. The first kappa shape index (κ1) is 27.1. The zero-order valence-electron chi connectivity index (χ0n) is 16.5. The Morgan fingerprint density at radius 1 is 0.594 bits per heavy atom. The smallest absolute Gasteiger partial charge is 0.302 e. The molecule has 2 nitrogen and oxygen atoms in total. The topological polar surface area (TPSA) is 26.3 Å². The van der Waals surface area contributed by atoms with Crippen molar-refractivity contribution in [3.63, 3.8) is 0 Å². The first-order valence-electron chi connectivity index (χ1n) is 9.11. The lowest BCUT2D eigenvalue weighted by Crippen LogP contribution is -1.87. The molecule has 0 aliphatic carbocycles. The van der Waals surface area contributed by atoms with E-state index in [4.69, 9.17) is 39.3 Å². The van der Waals surface area contributed by atoms with Gasteiger partial charge in [-0.2, -0.15) is 0 Å². The van der Waals surface area contributed by atoms with Gasteiger partial charge in [-0.3, -0.25) is 4.57 Å². The van der Waals surface area contributed by atoms with Gasteiger partial charge < -0.3 is 4.52 Å². The summed E-state index contributed by atoms with van der Waals surface area (Å²) in [5.74, 6) is -2.66. The van der Waals surface area contributed by atoms with Crippen LogP contribution in [0.1, 0.15) is 0 Å². The number of thioether (sulfide) groups is 3. The van der Waals surface area contributed by atoms with Crippen molar-refractivity contribution in [1.29, 1.82) is 0 Å². The van der Waals surface area contributed by atoms with Crippen molar-refractivity contribution in [2.24, 2.45) is 0 Å². The van der Waals surface area contributed by atoms with Crippen molar-refractivity contribution in [2.45, 2.75) is 14.7 Å². The third-order valence-corrected chi connectivity index (χ3v) is 15.9. The second kappa shape index (κ2) is 14.1. The second-order valence-corrected chi connectivity index (χ2v) is 18.5. The molecule has 0 aromatic heterocycles. The lowest BCUT2D eigenvalue weighted by Gasteiger charge is -2.17. The standard InChI is InChI=1S/C21H18Cl3O2PS5/c22-16-1-7-19(8-2-16)28-13-26-27(25,31-14-29-20-9-3-17(23)4-10-20)32-15-30-21-11-5-18(24)6-12-21/h1-12H,13-15H2. The van der Waals surface area contributed by atoms with E-state index in [1.54, 1.807) is 23.5 Å². The average Bonchev–Trinajstić information content (AvgIpc) is 2.78. The molecule has 3 aromatic carbocycles. The minimum atomic E-state index is -2.97. The first-order valence-corrected chi connectivity index (χ1v) is 18.0. The van der Waals surface area contributed by atoms with E-state index in [1.165, 1.54) is 34.5 Å². The predicted molar refractivity (Wildman–Crippen MR) is 150 cm³/mol. The number of rotatable bonds is 12. The number of hydrogen-bond donors (Lipinski definition) is 0. The molecule has 0 atom stereocenters. The number of hydrogen-bond acceptors (Lipinski definition) is 7. The molecule has 0 bridgehead atoms. The highest BCUT2D eigenvalue weighted by Gasteiger charge is 2.25. The average molecular weight is 600 g/mol. The maximum absolute atomic E-state index is 13.5. The molecule has 0 radical (unpaired) electrons. The molecule has 170 valence electrons. The van der Waals surface area contributed by atoms with Gasteiger partial charge in [-0.15, -0.1) is 23.5 Å². The van der Waals surface area contributed by atoms with Crippen LogP contribution in [0.3, 0.4) is 0 Å². The van der Waals surface area contributed by atoms with Crippen LogP contribution in [-0.4, -0.2) is 16.1 Å². The maximum atomic E-state index is 13.5. The normalized spacial score (nSPS) is 11.6. The van der Waals surface area contributed by atoms with Crippen LogP contribution in [0.4, 0.5) is 0 Å². The Hall–Kier alpha value is 0.470. The predicted octanol–water partition coefficient (Wildman–Crippen LogP) is 10.8. The molecule has 0 N–H and O–H groups in total. The molecule has 0 saturated heterocycles. The zero-order valence-corrected chi connectivity index (χ0v) is 23.7. The van der Waals surface area contributed by atoms with E-state index in [0.717, 1.165) is 14.7 Å². The Morgan fingerprint density at radius 2 is 0.938 bits per heavy atom. The molecule has 0 fully saturated rings. The first-order chi connectivity index (χ1) is 15.4. The van der Waals surface area contributed by atoms with Crippen molar-refractivity contribution in [3.05, 3.63) is 87.9 Å². The molecule has 0 amide bonds. The van der Waals surface area contributed by atoms with Crippen LogP contribution in [0.2, 0.25) is 15.1 Å². The van der Waals surface area contributed by atoms with E-state index >= 15 is 0 Å². The lowest BCUT2D eigenvalue weighted by atomic mass is 10.4. The number of benzene rings is 3. The van der Waals surface area contributed by atoms with Gasteiger partial charge in [0.15, 0.2) is 0 Å². The summed E-state index contributed by atoms with van der Waals surface area (Å²) < 4.78 is 19.5. The molecule has 0 spiro atoms. The molecule has 32 heavy (non-hydrogen) atoms. The monoisotopic (exact) mass is 598 g/mol. The quantitative estimate of drug-likeness (QED) is 0.116. The Morgan fingerprint density at radius 3 is 1.31 bits per heavy atom. The lowest BCUT2D eigenvalue weighted by molar-refractivity contribution is 0.405. The Bertz CT molecular complexity index is 889. The molecule has 0 heterocycles. The molecule has 0 unspecified atom stereocenters. The minimum Gasteiger partial charge on any atom is -0.302 e. The van der Waals surface area contributed by atoms with Gasteiger partial charge in [0.25, 0.3) is 0 Å². The van der Waals surface area contributed by atoms with Crippen LogP contribution in [0.15, 0.2) is 87.5 Å². The third kappa shape index (κ3) is 9.99.